The van der Waals surface area contributed by atoms with Crippen molar-refractivity contribution in [1.82, 2.24) is 5.32 Å². The molecular weight excluding hydrogens is 386 g/mol. The van der Waals surface area contributed by atoms with Crippen molar-refractivity contribution in [2.24, 2.45) is 0 Å². The van der Waals surface area contributed by atoms with Gasteiger partial charge in [-0.25, -0.2) is 4.79 Å². The number of phenols is 1. The van der Waals surface area contributed by atoms with Crippen molar-refractivity contribution in [1.29, 1.82) is 0 Å². The lowest BCUT2D eigenvalue weighted by Crippen LogP contribution is -2.31. The van der Waals surface area contributed by atoms with E-state index in [9.17, 15) is 19.5 Å². The molecule has 3 N–H and O–H groups in total. The van der Waals surface area contributed by atoms with E-state index in [0.717, 1.165) is 0 Å². The summed E-state index contributed by atoms with van der Waals surface area (Å²) in [5.41, 5.74) is 0.659. The van der Waals surface area contributed by atoms with Crippen molar-refractivity contribution in [3.8, 4) is 5.75 Å². The molecule has 28 heavy (non-hydrogen) atoms. The Labute approximate surface area is 165 Å². The second kappa shape index (κ2) is 7.90. The van der Waals surface area contributed by atoms with Gasteiger partial charge in [0.05, 0.1) is 18.0 Å². The van der Waals surface area contributed by atoms with Gasteiger partial charge in [0.2, 0.25) is 0 Å². The van der Waals surface area contributed by atoms with E-state index in [0.29, 0.717) is 17.5 Å². The maximum Gasteiger partial charge on any atom is 0.342 e. The number of aliphatic carboxylic acids is 1. The first kappa shape index (κ1) is 19.7. The fourth-order valence-electron chi connectivity index (χ4n) is 3.19. The molecule has 0 aromatic heterocycles. The van der Waals surface area contributed by atoms with Gasteiger partial charge < -0.3 is 20.3 Å². The summed E-state index contributed by atoms with van der Waals surface area (Å²) in [6.07, 6.45) is -0.426. The summed E-state index contributed by atoms with van der Waals surface area (Å²) in [4.78, 5) is 36.2. The summed E-state index contributed by atoms with van der Waals surface area (Å²) in [7, 11) is 0. The molecule has 0 unspecified atom stereocenters. The van der Waals surface area contributed by atoms with Crippen molar-refractivity contribution >= 4 is 29.4 Å². The third-order valence-corrected chi connectivity index (χ3v) is 4.82. The molecule has 0 fully saturated rings. The number of aromatic hydroxyl groups is 1. The predicted octanol–water partition coefficient (Wildman–Crippen LogP) is 3.09. The zero-order chi connectivity index (χ0) is 20.4. The molecule has 8 heteroatoms. The van der Waals surface area contributed by atoms with Gasteiger partial charge in [-0.3, -0.25) is 9.59 Å². The van der Waals surface area contributed by atoms with Crippen LogP contribution in [-0.2, 0) is 16.0 Å². The number of hydrogen-bond donors (Lipinski definition) is 3. The van der Waals surface area contributed by atoms with Crippen molar-refractivity contribution in [2.75, 3.05) is 0 Å². The van der Waals surface area contributed by atoms with Crippen LogP contribution in [0.4, 0.5) is 0 Å². The summed E-state index contributed by atoms with van der Waals surface area (Å²) in [6.45, 7) is 1.70. The maximum atomic E-state index is 12.8. The second-order valence-corrected chi connectivity index (χ2v) is 6.97. The summed E-state index contributed by atoms with van der Waals surface area (Å²) < 4.78 is 5.12. The van der Waals surface area contributed by atoms with Crippen LogP contribution in [0.2, 0.25) is 5.02 Å². The van der Waals surface area contributed by atoms with Crippen LogP contribution in [0.25, 0.3) is 0 Å². The minimum atomic E-state index is -1.10. The van der Waals surface area contributed by atoms with Gasteiger partial charge in [0.1, 0.15) is 17.4 Å². The zero-order valence-electron chi connectivity index (χ0n) is 14.9. The Morgan fingerprint density at radius 3 is 2.64 bits per heavy atom. The Bertz CT molecular complexity index is 943. The molecule has 146 valence electrons. The first-order chi connectivity index (χ1) is 13.3. The highest BCUT2D eigenvalue weighted by Gasteiger charge is 2.32. The highest BCUT2D eigenvalue weighted by atomic mass is 35.5. The van der Waals surface area contributed by atoms with Crippen LogP contribution in [0.5, 0.6) is 5.75 Å². The minimum Gasteiger partial charge on any atom is -0.506 e. The first-order valence-corrected chi connectivity index (χ1v) is 8.98. The van der Waals surface area contributed by atoms with Crippen LogP contribution in [-0.4, -0.2) is 34.2 Å². The van der Waals surface area contributed by atoms with E-state index in [2.05, 4.69) is 5.32 Å². The Balaban J connectivity index is 1.96. The molecule has 0 saturated heterocycles. The number of carboxylic acid groups (broad SMARTS) is 1. The van der Waals surface area contributed by atoms with Crippen LogP contribution in [0.3, 0.4) is 0 Å². The van der Waals surface area contributed by atoms with Crippen LogP contribution in [0, 0.1) is 0 Å². The van der Waals surface area contributed by atoms with Crippen LogP contribution >= 0.6 is 11.6 Å². The number of esters is 1. The second-order valence-electron chi connectivity index (χ2n) is 6.56. The quantitative estimate of drug-likeness (QED) is 0.661. The van der Waals surface area contributed by atoms with E-state index in [1.807, 2.05) is 0 Å². The number of fused-ring (bicyclic) bond motifs is 1. The number of carbonyl (C=O) groups excluding carboxylic acids is 2. The Kier molecular flexibility index (Phi) is 5.56. The molecule has 2 atom stereocenters. The lowest BCUT2D eigenvalue weighted by Gasteiger charge is -2.25. The monoisotopic (exact) mass is 403 g/mol. The molecular formula is C20H18ClNO6. The van der Waals surface area contributed by atoms with Crippen molar-refractivity contribution in [3.63, 3.8) is 0 Å². The molecule has 1 aliphatic rings. The lowest BCUT2D eigenvalue weighted by molar-refractivity contribution is -0.137. The van der Waals surface area contributed by atoms with E-state index in [-0.39, 0.29) is 22.6 Å². The number of phenolic OH excluding ortho intramolecular Hbond substituents is 1. The number of rotatable bonds is 5. The Hall–Kier alpha value is -3.06. The number of carboxylic acids is 1. The molecule has 0 aliphatic carbocycles. The summed E-state index contributed by atoms with van der Waals surface area (Å²) in [5.74, 6) is -3.13. The normalized spacial score (nSPS) is 16.6. The number of carbonyl (C=O) groups is 3. The third-order valence-electron chi connectivity index (χ3n) is 4.49. The minimum absolute atomic E-state index is 0.134. The molecule has 7 nitrogen and oxygen atoms in total. The van der Waals surface area contributed by atoms with E-state index in [1.165, 1.54) is 6.07 Å². The summed E-state index contributed by atoms with van der Waals surface area (Å²) in [5, 5.41) is 22.4. The molecule has 0 bridgehead atoms. The van der Waals surface area contributed by atoms with Crippen molar-refractivity contribution in [2.45, 2.75) is 31.9 Å². The zero-order valence-corrected chi connectivity index (χ0v) is 15.7. The average Bonchev–Trinajstić information content (AvgIpc) is 2.63. The molecule has 2 aromatic rings. The highest BCUT2D eigenvalue weighted by Crippen LogP contribution is 2.37. The van der Waals surface area contributed by atoms with Gasteiger partial charge in [0.25, 0.3) is 5.91 Å². The van der Waals surface area contributed by atoms with Gasteiger partial charge in [0.15, 0.2) is 0 Å². The molecule has 0 radical (unpaired) electrons. The molecule has 0 saturated carbocycles. The SMILES string of the molecule is C[C@@H]1Cc2c(Cl)cc(C(=O)N[C@@H](CC(=O)O)c3ccccc3)c(O)c2C(=O)O1. The van der Waals surface area contributed by atoms with Gasteiger partial charge >= 0.3 is 11.9 Å². The predicted molar refractivity (Wildman–Crippen MR) is 101 cm³/mol. The first-order valence-electron chi connectivity index (χ1n) is 8.60. The number of nitrogens with one attached hydrogen (secondary N) is 1. The molecule has 2 aromatic carbocycles. The lowest BCUT2D eigenvalue weighted by atomic mass is 9.95. The molecule has 1 heterocycles. The Morgan fingerprint density at radius 2 is 2.00 bits per heavy atom. The number of amides is 1. The summed E-state index contributed by atoms with van der Waals surface area (Å²) in [6, 6.07) is 9.04. The van der Waals surface area contributed by atoms with E-state index in [1.54, 1.807) is 37.3 Å². The average molecular weight is 404 g/mol. The van der Waals surface area contributed by atoms with Crippen molar-refractivity contribution < 1.29 is 29.3 Å². The van der Waals surface area contributed by atoms with Crippen LogP contribution in [0.15, 0.2) is 36.4 Å². The van der Waals surface area contributed by atoms with E-state index < -0.39 is 35.7 Å². The van der Waals surface area contributed by atoms with Gasteiger partial charge in [0, 0.05) is 11.4 Å². The number of cyclic esters (lactones) is 1. The molecule has 1 aliphatic heterocycles. The van der Waals surface area contributed by atoms with Gasteiger partial charge in [-0.15, -0.1) is 0 Å². The molecule has 1 amide bonds. The number of ether oxygens (including phenoxy) is 1. The van der Waals surface area contributed by atoms with Crippen molar-refractivity contribution in [3.05, 3.63) is 63.7 Å². The fourth-order valence-corrected chi connectivity index (χ4v) is 3.47. The standard InChI is InChI=1S/C20H18ClNO6/c1-10-7-12-14(21)8-13(18(25)17(12)20(27)28-10)19(26)22-15(9-16(23)24)11-5-3-2-4-6-11/h2-6,8,10,15,25H,7,9H2,1H3,(H,22,26)(H,23,24)/t10-,15+/m1/s1. The Morgan fingerprint density at radius 1 is 1.32 bits per heavy atom. The van der Waals surface area contributed by atoms with Crippen LogP contribution < -0.4 is 5.32 Å². The highest BCUT2D eigenvalue weighted by molar-refractivity contribution is 6.32. The largest absolute Gasteiger partial charge is 0.506 e. The smallest absolute Gasteiger partial charge is 0.342 e. The number of benzene rings is 2. The van der Waals surface area contributed by atoms with Crippen LogP contribution in [0.1, 0.15) is 51.2 Å². The fraction of sp³-hybridized carbons (Fsp3) is 0.250. The van der Waals surface area contributed by atoms with Gasteiger partial charge in [-0.1, -0.05) is 41.9 Å². The number of hydrogen-bond acceptors (Lipinski definition) is 5. The maximum absolute atomic E-state index is 12.8. The van der Waals surface area contributed by atoms with E-state index in [4.69, 9.17) is 21.4 Å². The summed E-state index contributed by atoms with van der Waals surface area (Å²) >= 11 is 6.24. The van der Waals surface area contributed by atoms with Gasteiger partial charge in [-0.2, -0.15) is 0 Å². The molecule has 0 spiro atoms. The molecule has 3 rings (SSSR count). The number of halogens is 1. The third kappa shape index (κ3) is 3.94. The van der Waals surface area contributed by atoms with E-state index >= 15 is 0 Å². The van der Waals surface area contributed by atoms with Gasteiger partial charge in [-0.05, 0) is 24.1 Å². The topological polar surface area (TPSA) is 113 Å².